The minimum absolute atomic E-state index is 0.195. The second-order valence-corrected chi connectivity index (χ2v) is 6.04. The van der Waals surface area contributed by atoms with Crippen LogP contribution in [0.1, 0.15) is 25.9 Å². The Morgan fingerprint density at radius 3 is 3.18 bits per heavy atom. The lowest BCUT2D eigenvalue weighted by Gasteiger charge is -2.22. The molecule has 0 aromatic carbocycles. The molecule has 4 rings (SSSR count). The number of ether oxygens (including phenoxy) is 1. The average Bonchev–Trinajstić information content (AvgIpc) is 3.16. The molecule has 0 amide bonds. The van der Waals surface area contributed by atoms with E-state index in [4.69, 9.17) is 6.11 Å². The van der Waals surface area contributed by atoms with E-state index in [1.807, 2.05) is 17.8 Å². The first-order valence-corrected chi connectivity index (χ1v) is 7.97. The predicted molar refractivity (Wildman–Crippen MR) is 84.5 cm³/mol. The number of aryl methyl sites for hydroxylation is 1. The van der Waals surface area contributed by atoms with E-state index >= 15 is 0 Å². The molecule has 22 heavy (non-hydrogen) atoms. The van der Waals surface area contributed by atoms with Gasteiger partial charge in [-0.1, -0.05) is 0 Å². The van der Waals surface area contributed by atoms with Crippen LogP contribution in [-0.4, -0.2) is 37.3 Å². The standard InChI is InChI=1S/C14H16N6OS/c1-9-12-7-15-14(18-13(12)22-19-9)17-10-6-16-20(8-10)11-2-4-21-5-3-11/h6-8,11H,2-5H2,1H3,(H,15,17,18)/i7D. The highest BCUT2D eigenvalue weighted by molar-refractivity contribution is 7.12. The van der Waals surface area contributed by atoms with Crippen molar-refractivity contribution in [1.82, 2.24) is 24.1 Å². The van der Waals surface area contributed by atoms with Gasteiger partial charge in [-0.3, -0.25) is 4.68 Å². The molecular formula is C14H16N6OS. The number of anilines is 2. The fraction of sp³-hybridized carbons (Fsp3) is 0.429. The molecule has 0 bridgehead atoms. The van der Waals surface area contributed by atoms with Crippen molar-refractivity contribution >= 4 is 33.4 Å². The first-order chi connectivity index (χ1) is 11.2. The third-order valence-electron chi connectivity index (χ3n) is 3.75. The molecular weight excluding hydrogens is 300 g/mol. The van der Waals surface area contributed by atoms with Crippen molar-refractivity contribution in [2.75, 3.05) is 18.5 Å². The maximum atomic E-state index is 8.03. The predicted octanol–water partition coefficient (Wildman–Crippen LogP) is 2.69. The molecule has 7 nitrogen and oxygen atoms in total. The second-order valence-electron chi connectivity index (χ2n) is 5.28. The van der Waals surface area contributed by atoms with Crippen LogP contribution in [0.4, 0.5) is 11.6 Å². The number of hydrogen-bond donors (Lipinski definition) is 1. The van der Waals surface area contributed by atoms with Crippen LogP contribution in [0.5, 0.6) is 0 Å². The average molecular weight is 317 g/mol. The third kappa shape index (κ3) is 2.55. The lowest BCUT2D eigenvalue weighted by atomic mass is 10.1. The quantitative estimate of drug-likeness (QED) is 0.800. The van der Waals surface area contributed by atoms with Gasteiger partial charge in [-0.2, -0.15) is 9.47 Å². The van der Waals surface area contributed by atoms with E-state index in [1.165, 1.54) is 11.5 Å². The first-order valence-electron chi connectivity index (χ1n) is 7.70. The van der Waals surface area contributed by atoms with Crippen molar-refractivity contribution in [2.45, 2.75) is 25.8 Å². The van der Waals surface area contributed by atoms with Crippen molar-refractivity contribution in [3.63, 3.8) is 0 Å². The van der Waals surface area contributed by atoms with E-state index in [0.717, 1.165) is 47.7 Å². The van der Waals surface area contributed by atoms with Crippen LogP contribution in [0, 0.1) is 6.92 Å². The van der Waals surface area contributed by atoms with Crippen LogP contribution < -0.4 is 5.32 Å². The van der Waals surface area contributed by atoms with E-state index < -0.39 is 0 Å². The molecule has 3 aromatic heterocycles. The summed E-state index contributed by atoms with van der Waals surface area (Å²) < 4.78 is 19.6. The summed E-state index contributed by atoms with van der Waals surface area (Å²) >= 11 is 1.28. The zero-order chi connectivity index (χ0) is 15.8. The van der Waals surface area contributed by atoms with Gasteiger partial charge < -0.3 is 10.1 Å². The van der Waals surface area contributed by atoms with Crippen molar-refractivity contribution in [1.29, 1.82) is 0 Å². The molecule has 0 radical (unpaired) electrons. The summed E-state index contributed by atoms with van der Waals surface area (Å²) in [5.74, 6) is 0.401. The monoisotopic (exact) mass is 317 g/mol. The molecule has 4 heterocycles. The number of rotatable bonds is 3. The second kappa shape index (κ2) is 5.62. The number of nitrogens with zero attached hydrogens (tertiary/aromatic N) is 5. The van der Waals surface area contributed by atoms with Crippen LogP contribution in [0.2, 0.25) is 0 Å². The minimum atomic E-state index is 0.195. The lowest BCUT2D eigenvalue weighted by Crippen LogP contribution is -2.19. The van der Waals surface area contributed by atoms with Crippen molar-refractivity contribution in [2.24, 2.45) is 0 Å². The number of hydrogen-bond acceptors (Lipinski definition) is 7. The Labute approximate surface area is 132 Å². The maximum absolute atomic E-state index is 8.03. The van der Waals surface area contributed by atoms with Crippen LogP contribution >= 0.6 is 11.5 Å². The number of aromatic nitrogens is 5. The number of nitrogens with one attached hydrogen (secondary N) is 1. The first kappa shape index (κ1) is 12.5. The summed E-state index contributed by atoms with van der Waals surface area (Å²) in [5, 5.41) is 8.26. The van der Waals surface area contributed by atoms with E-state index in [1.54, 1.807) is 6.20 Å². The highest BCUT2D eigenvalue weighted by Crippen LogP contribution is 2.24. The molecule has 0 unspecified atom stereocenters. The van der Waals surface area contributed by atoms with Gasteiger partial charge >= 0.3 is 0 Å². The Hall–Kier alpha value is -2.06. The van der Waals surface area contributed by atoms with Gasteiger partial charge in [-0.05, 0) is 31.3 Å². The van der Waals surface area contributed by atoms with E-state index in [0.29, 0.717) is 12.0 Å². The van der Waals surface area contributed by atoms with Gasteiger partial charge in [0.25, 0.3) is 0 Å². The fourth-order valence-corrected chi connectivity index (χ4v) is 3.26. The largest absolute Gasteiger partial charge is 0.381 e. The molecule has 0 aliphatic carbocycles. The van der Waals surface area contributed by atoms with Gasteiger partial charge in [0.1, 0.15) is 4.83 Å². The molecule has 0 spiro atoms. The highest BCUT2D eigenvalue weighted by atomic mass is 32.1. The topological polar surface area (TPSA) is 77.8 Å². The third-order valence-corrected chi connectivity index (χ3v) is 4.58. The van der Waals surface area contributed by atoms with Gasteiger partial charge in [-0.25, -0.2) is 9.97 Å². The smallest absolute Gasteiger partial charge is 0.228 e. The molecule has 8 heteroatoms. The van der Waals surface area contributed by atoms with Gasteiger partial charge in [-0.15, -0.1) is 0 Å². The van der Waals surface area contributed by atoms with Crippen LogP contribution in [0.25, 0.3) is 10.2 Å². The Kier molecular flexibility index (Phi) is 3.19. The molecule has 3 aromatic rings. The molecule has 0 saturated carbocycles. The molecule has 1 fully saturated rings. The molecule has 1 aliphatic heterocycles. The van der Waals surface area contributed by atoms with Gasteiger partial charge in [0.15, 0.2) is 0 Å². The fourth-order valence-electron chi connectivity index (χ4n) is 2.53. The highest BCUT2D eigenvalue weighted by Gasteiger charge is 2.16. The Balaban J connectivity index is 1.57. The molecule has 0 atom stereocenters. The Morgan fingerprint density at radius 1 is 1.45 bits per heavy atom. The van der Waals surface area contributed by atoms with Gasteiger partial charge in [0.2, 0.25) is 5.95 Å². The van der Waals surface area contributed by atoms with Crippen LogP contribution in [-0.2, 0) is 4.74 Å². The number of fused-ring (bicyclic) bond motifs is 1. The van der Waals surface area contributed by atoms with Crippen LogP contribution in [0.15, 0.2) is 18.6 Å². The zero-order valence-electron chi connectivity index (χ0n) is 13.1. The van der Waals surface area contributed by atoms with E-state index in [2.05, 4.69) is 24.8 Å². The Morgan fingerprint density at radius 2 is 2.32 bits per heavy atom. The lowest BCUT2D eigenvalue weighted by molar-refractivity contribution is 0.0662. The van der Waals surface area contributed by atoms with Gasteiger partial charge in [0, 0.05) is 25.6 Å². The van der Waals surface area contributed by atoms with Gasteiger partial charge in [0.05, 0.1) is 30.4 Å². The normalized spacial score (nSPS) is 16.9. The van der Waals surface area contributed by atoms with E-state index in [9.17, 15) is 0 Å². The summed E-state index contributed by atoms with van der Waals surface area (Å²) in [5.41, 5.74) is 1.62. The summed E-state index contributed by atoms with van der Waals surface area (Å²) in [6, 6.07) is 0.374. The van der Waals surface area contributed by atoms with Crippen molar-refractivity contribution in [3.8, 4) is 0 Å². The SMILES string of the molecule is [2H]c1nc(Nc2cnn(C3CCOCC3)c2)nc2snc(C)c12. The summed E-state index contributed by atoms with van der Waals surface area (Å²) in [7, 11) is 0. The minimum Gasteiger partial charge on any atom is -0.381 e. The van der Waals surface area contributed by atoms with Crippen LogP contribution in [0.3, 0.4) is 0 Å². The summed E-state index contributed by atoms with van der Waals surface area (Å²) in [4.78, 5) is 9.36. The molecule has 1 N–H and O–H groups in total. The van der Waals surface area contributed by atoms with E-state index in [-0.39, 0.29) is 6.17 Å². The van der Waals surface area contributed by atoms with Crippen molar-refractivity contribution < 1.29 is 6.11 Å². The molecule has 114 valence electrons. The molecule has 1 aliphatic rings. The maximum Gasteiger partial charge on any atom is 0.228 e. The Bertz CT molecular complexity index is 841. The molecule has 1 saturated heterocycles. The summed E-state index contributed by atoms with van der Waals surface area (Å²) in [6.45, 7) is 3.42. The zero-order valence-corrected chi connectivity index (χ0v) is 12.9. The van der Waals surface area contributed by atoms with Crippen molar-refractivity contribution in [3.05, 3.63) is 24.3 Å². The summed E-state index contributed by atoms with van der Waals surface area (Å²) in [6.07, 6.45) is 5.84.